The van der Waals surface area contributed by atoms with Crippen LogP contribution in [0.4, 0.5) is 0 Å². The number of unbranched alkanes of at least 4 members (excludes halogenated alkanes) is 18. The molecule has 0 bridgehead atoms. The Balaban J connectivity index is 0. The minimum absolute atomic E-state index is 0. The zero-order valence-corrected chi connectivity index (χ0v) is 32.4. The fourth-order valence-electron chi connectivity index (χ4n) is 6.21. The van der Waals surface area contributed by atoms with Gasteiger partial charge < -0.3 is 24.8 Å². The van der Waals surface area contributed by atoms with Crippen LogP contribution in [0, 0.1) is 0 Å². The molecule has 7 nitrogen and oxygen atoms in total. The molecule has 0 amide bonds. The van der Waals surface area contributed by atoms with Gasteiger partial charge in [0.2, 0.25) is 0 Å². The quantitative estimate of drug-likeness (QED) is 0.0247. The van der Waals surface area contributed by atoms with E-state index in [1.807, 2.05) is 0 Å². The first-order valence-electron chi connectivity index (χ1n) is 19.9. The smallest absolute Gasteiger partial charge is 0.870 e. The van der Waals surface area contributed by atoms with Crippen molar-refractivity contribution in [2.45, 2.75) is 218 Å². The molecule has 0 saturated carbocycles. The Bertz CT molecular complexity index is 803. The molecule has 0 radical (unpaired) electrons. The zero-order chi connectivity index (χ0) is 34.2. The average Bonchev–Trinajstić information content (AvgIpc) is 4.00. The van der Waals surface area contributed by atoms with Gasteiger partial charge in [0.15, 0.2) is 0 Å². The molecule has 2 aliphatic rings. The molecule has 4 atom stereocenters. The van der Waals surface area contributed by atoms with E-state index in [0.29, 0.717) is 37.3 Å². The minimum Gasteiger partial charge on any atom is -0.870 e. The maximum Gasteiger partial charge on any atom is 1.00 e. The first-order chi connectivity index (χ1) is 23.0. The van der Waals surface area contributed by atoms with E-state index in [9.17, 15) is 9.59 Å². The number of carbonyl (C=O) groups excluding carboxylic acids is 1. The number of methoxy groups -OCH3 is 1. The number of allylic oxidation sites excluding steroid dienone is 4. The van der Waals surface area contributed by atoms with Gasteiger partial charge in [-0.25, -0.2) is 0 Å². The van der Waals surface area contributed by atoms with Crippen molar-refractivity contribution in [2.24, 2.45) is 0 Å². The number of epoxide rings is 2. The Kier molecular flexibility index (Phi) is 37.4. The number of carboxylic acid groups (broad SMARTS) is 1. The molecule has 8 heteroatoms. The molecule has 0 aromatic rings. The van der Waals surface area contributed by atoms with E-state index in [2.05, 4.69) is 42.9 Å². The zero-order valence-electron chi connectivity index (χ0n) is 32.4. The number of hydrogen-bond acceptors (Lipinski definition) is 6. The number of carbonyl (C=O) groups is 2. The van der Waals surface area contributed by atoms with E-state index in [1.165, 1.54) is 136 Å². The fourth-order valence-corrected chi connectivity index (χ4v) is 6.21. The van der Waals surface area contributed by atoms with Crippen LogP contribution in [-0.2, 0) is 23.8 Å². The van der Waals surface area contributed by atoms with Crippen LogP contribution in [0.5, 0.6) is 0 Å². The number of hydrogen-bond donors (Lipinski definition) is 1. The van der Waals surface area contributed by atoms with E-state index < -0.39 is 5.97 Å². The van der Waals surface area contributed by atoms with Gasteiger partial charge in [-0.05, 0) is 89.9 Å². The van der Waals surface area contributed by atoms with Gasteiger partial charge in [0.05, 0.1) is 31.5 Å². The van der Waals surface area contributed by atoms with Crippen LogP contribution in [0.1, 0.15) is 194 Å². The van der Waals surface area contributed by atoms with Crippen LogP contribution in [0.15, 0.2) is 24.3 Å². The van der Waals surface area contributed by atoms with Crippen LogP contribution in [0.3, 0.4) is 0 Å². The molecule has 2 N–H and O–H groups in total. The second-order valence-corrected chi connectivity index (χ2v) is 13.8. The molecule has 2 aliphatic heterocycles. The van der Waals surface area contributed by atoms with Crippen molar-refractivity contribution in [2.75, 3.05) is 7.11 Å². The van der Waals surface area contributed by atoms with Gasteiger partial charge in [-0.15, -0.1) is 0 Å². The summed E-state index contributed by atoms with van der Waals surface area (Å²) in [6.07, 6.45) is 44.5. The molecule has 4 unspecified atom stereocenters. The number of esters is 1. The van der Waals surface area contributed by atoms with Crippen LogP contribution in [0.25, 0.3) is 0 Å². The summed E-state index contributed by atoms with van der Waals surface area (Å²) in [6.45, 7) is 4.42. The van der Waals surface area contributed by atoms with Gasteiger partial charge in [0.25, 0.3) is 0 Å². The van der Waals surface area contributed by atoms with Crippen LogP contribution in [0.2, 0.25) is 0 Å². The SMILES string of the molecule is CCC1OC1CCCCCCC/C=C\CCCCCCC(=O)O.CCC1OC1CCCCCCC/C=C\CCCCCCC(=O)OC.[Li+].[OH-]. The van der Waals surface area contributed by atoms with Crippen molar-refractivity contribution >= 4 is 11.9 Å². The maximum atomic E-state index is 10.9. The molecule has 282 valence electrons. The molecule has 2 saturated heterocycles. The molecule has 0 aromatic carbocycles. The summed E-state index contributed by atoms with van der Waals surface area (Å²) in [7, 11) is 1.46. The minimum atomic E-state index is -0.670. The van der Waals surface area contributed by atoms with Gasteiger partial charge >= 0.3 is 30.8 Å². The summed E-state index contributed by atoms with van der Waals surface area (Å²) >= 11 is 0. The summed E-state index contributed by atoms with van der Waals surface area (Å²) in [6, 6.07) is 0. The summed E-state index contributed by atoms with van der Waals surface area (Å²) in [5, 5.41) is 8.54. The van der Waals surface area contributed by atoms with E-state index in [1.54, 1.807) is 0 Å². The maximum absolute atomic E-state index is 10.9. The van der Waals surface area contributed by atoms with Crippen molar-refractivity contribution in [1.29, 1.82) is 0 Å². The summed E-state index contributed by atoms with van der Waals surface area (Å²) in [4.78, 5) is 21.3. The molecular formula is C41H75LiO7. The molecule has 0 aliphatic carbocycles. The molecule has 2 heterocycles. The van der Waals surface area contributed by atoms with Crippen molar-refractivity contribution in [3.05, 3.63) is 24.3 Å². The Morgan fingerprint density at radius 3 is 1.18 bits per heavy atom. The topological polar surface area (TPSA) is 119 Å². The van der Waals surface area contributed by atoms with E-state index >= 15 is 0 Å². The van der Waals surface area contributed by atoms with Crippen LogP contribution < -0.4 is 18.9 Å². The Hall–Kier alpha value is -1.10. The van der Waals surface area contributed by atoms with Gasteiger partial charge in [-0.3, -0.25) is 9.59 Å². The molecule has 0 aromatic heterocycles. The predicted octanol–water partition coefficient (Wildman–Crippen LogP) is 8.67. The van der Waals surface area contributed by atoms with Crippen LogP contribution in [-0.4, -0.2) is 54.0 Å². The fraction of sp³-hybridized carbons (Fsp3) is 0.854. The molecule has 0 spiro atoms. The number of ether oxygens (including phenoxy) is 3. The van der Waals surface area contributed by atoms with E-state index in [4.69, 9.17) is 14.6 Å². The third kappa shape index (κ3) is 33.8. The molecule has 2 fully saturated rings. The number of rotatable bonds is 32. The van der Waals surface area contributed by atoms with Gasteiger partial charge in [-0.2, -0.15) is 0 Å². The van der Waals surface area contributed by atoms with Crippen molar-refractivity contribution < 1.29 is 53.2 Å². The van der Waals surface area contributed by atoms with E-state index in [-0.39, 0.29) is 30.3 Å². The molecular weight excluding hydrogens is 611 g/mol. The Morgan fingerprint density at radius 1 is 0.531 bits per heavy atom. The summed E-state index contributed by atoms with van der Waals surface area (Å²) in [5.74, 6) is -0.753. The standard InChI is InChI=1S/C21H38O3.C20H36O3.Li.H2O/c1-3-19-20(24-19)17-15-13-11-9-7-5-4-6-8-10-12-14-16-18-21(22)23-2;1-2-18-19(23-18)16-14-12-10-8-6-4-3-5-7-9-11-13-15-17-20(21)22;;/h4,6,19-20H,3,5,7-18H2,1-2H3;3,5,18-19H,2,4,6-17H2,1H3,(H,21,22);;1H2/q;;+1;/p-1/b6-4-;5-3-;;. The van der Waals surface area contributed by atoms with Crippen molar-refractivity contribution in [1.82, 2.24) is 0 Å². The second-order valence-electron chi connectivity index (χ2n) is 13.8. The first-order valence-corrected chi connectivity index (χ1v) is 19.9. The summed E-state index contributed by atoms with van der Waals surface area (Å²) in [5.41, 5.74) is 0. The Labute approximate surface area is 313 Å². The monoisotopic (exact) mass is 687 g/mol. The number of carboxylic acids is 1. The predicted molar refractivity (Wildman–Crippen MR) is 198 cm³/mol. The summed E-state index contributed by atoms with van der Waals surface area (Å²) < 4.78 is 15.8. The Morgan fingerprint density at radius 2 is 0.857 bits per heavy atom. The average molecular weight is 687 g/mol. The largest absolute Gasteiger partial charge is 1.00 e. The van der Waals surface area contributed by atoms with Crippen LogP contribution >= 0.6 is 0 Å². The normalized spacial score (nSPS) is 19.2. The first kappa shape index (κ1) is 50.0. The third-order valence-electron chi connectivity index (χ3n) is 9.47. The molecule has 2 rings (SSSR count). The number of aliphatic carboxylic acids is 1. The second kappa shape index (κ2) is 36.7. The van der Waals surface area contributed by atoms with Gasteiger partial charge in [0.1, 0.15) is 0 Å². The van der Waals surface area contributed by atoms with Gasteiger partial charge in [-0.1, -0.05) is 115 Å². The molecule has 49 heavy (non-hydrogen) atoms. The van der Waals surface area contributed by atoms with Gasteiger partial charge in [0, 0.05) is 12.8 Å². The third-order valence-corrected chi connectivity index (χ3v) is 9.47. The van der Waals surface area contributed by atoms with Crippen molar-refractivity contribution in [3.63, 3.8) is 0 Å². The van der Waals surface area contributed by atoms with Crippen molar-refractivity contribution in [3.8, 4) is 0 Å². The van der Waals surface area contributed by atoms with E-state index in [0.717, 1.165) is 38.5 Å².